The maximum absolute atomic E-state index is 12.4. The lowest BCUT2D eigenvalue weighted by Crippen LogP contribution is -2.19. The van der Waals surface area contributed by atoms with Crippen LogP contribution in [0.4, 0.5) is 10.5 Å². The van der Waals surface area contributed by atoms with E-state index >= 15 is 0 Å². The molecule has 3 aromatic rings. The molecule has 3 N–H and O–H groups in total. The summed E-state index contributed by atoms with van der Waals surface area (Å²) < 4.78 is 5.45. The molecule has 29 heavy (non-hydrogen) atoms. The summed E-state index contributed by atoms with van der Waals surface area (Å²) in [5.41, 5.74) is 4.71. The molecule has 0 aromatic heterocycles. The van der Waals surface area contributed by atoms with Gasteiger partial charge in [-0.15, -0.1) is 0 Å². The normalized spacial score (nSPS) is 12.2. The highest BCUT2D eigenvalue weighted by molar-refractivity contribution is 5.95. The highest BCUT2D eigenvalue weighted by atomic mass is 16.5. The molecule has 3 aromatic carbocycles. The van der Waals surface area contributed by atoms with Crippen molar-refractivity contribution in [2.45, 2.75) is 12.8 Å². The van der Waals surface area contributed by atoms with Crippen molar-refractivity contribution in [2.75, 3.05) is 11.9 Å². The second-order valence-corrected chi connectivity index (χ2v) is 6.89. The first-order chi connectivity index (χ1) is 14.0. The van der Waals surface area contributed by atoms with Crippen molar-refractivity contribution in [2.24, 2.45) is 0 Å². The molecule has 0 saturated heterocycles. The van der Waals surface area contributed by atoms with Crippen LogP contribution in [-0.2, 0) is 4.74 Å². The molecule has 0 heterocycles. The van der Waals surface area contributed by atoms with Gasteiger partial charge in [0.1, 0.15) is 12.4 Å². The Morgan fingerprint density at radius 1 is 0.966 bits per heavy atom. The van der Waals surface area contributed by atoms with E-state index in [1.807, 2.05) is 48.5 Å². The average Bonchev–Trinajstić information content (AvgIpc) is 3.03. The predicted octanol–water partition coefficient (Wildman–Crippen LogP) is 4.76. The van der Waals surface area contributed by atoms with Gasteiger partial charge in [0, 0.05) is 5.92 Å². The second-order valence-electron chi connectivity index (χ2n) is 6.89. The second kappa shape index (κ2) is 7.31. The highest BCUT2D eigenvalue weighted by Gasteiger charge is 2.29. The number of aromatic carboxylic acids is 1. The van der Waals surface area contributed by atoms with Gasteiger partial charge in [-0.25, -0.2) is 9.59 Å². The molecule has 0 saturated carbocycles. The van der Waals surface area contributed by atoms with Gasteiger partial charge in [-0.3, -0.25) is 5.32 Å². The van der Waals surface area contributed by atoms with Crippen LogP contribution in [0.2, 0.25) is 0 Å². The first-order valence-electron chi connectivity index (χ1n) is 9.15. The molecule has 6 nitrogen and oxygen atoms in total. The van der Waals surface area contributed by atoms with Crippen molar-refractivity contribution < 1.29 is 24.5 Å². The number of carboxylic acid groups (broad SMARTS) is 1. The van der Waals surface area contributed by atoms with E-state index in [1.165, 1.54) is 19.1 Å². The number of phenolic OH excluding ortho intramolecular Hbond substituents is 1. The Balaban J connectivity index is 1.53. The summed E-state index contributed by atoms with van der Waals surface area (Å²) >= 11 is 0. The largest absolute Gasteiger partial charge is 0.506 e. The molecule has 146 valence electrons. The molecular formula is C23H19NO5. The van der Waals surface area contributed by atoms with Gasteiger partial charge in [-0.1, -0.05) is 48.5 Å². The van der Waals surface area contributed by atoms with Gasteiger partial charge in [-0.2, -0.15) is 0 Å². The van der Waals surface area contributed by atoms with Crippen LogP contribution in [0.1, 0.15) is 33.0 Å². The van der Waals surface area contributed by atoms with Crippen LogP contribution < -0.4 is 5.32 Å². The third-order valence-electron chi connectivity index (χ3n) is 5.24. The fourth-order valence-electron chi connectivity index (χ4n) is 3.82. The number of amides is 1. The zero-order valence-corrected chi connectivity index (χ0v) is 15.7. The van der Waals surface area contributed by atoms with Crippen molar-refractivity contribution in [1.29, 1.82) is 0 Å². The Morgan fingerprint density at radius 3 is 2.14 bits per heavy atom. The molecule has 4 rings (SSSR count). The standard InChI is InChI=1S/C23H19NO5/c1-13-14(22(26)27)10-11-20(25)21(13)24-23(28)29-12-19-17-8-4-2-6-15(17)16-7-3-5-9-18(16)19/h2-11,19,25H,12H2,1H3,(H,24,28)(H,26,27). The summed E-state index contributed by atoms with van der Waals surface area (Å²) in [6, 6.07) is 18.5. The van der Waals surface area contributed by atoms with Gasteiger partial charge in [0.25, 0.3) is 0 Å². The molecular weight excluding hydrogens is 370 g/mol. The van der Waals surface area contributed by atoms with E-state index in [0.717, 1.165) is 22.3 Å². The van der Waals surface area contributed by atoms with Crippen LogP contribution in [0, 0.1) is 6.92 Å². The Hall–Kier alpha value is -3.80. The Morgan fingerprint density at radius 2 is 1.55 bits per heavy atom. The monoisotopic (exact) mass is 389 g/mol. The van der Waals surface area contributed by atoms with Crippen LogP contribution in [-0.4, -0.2) is 28.9 Å². The lowest BCUT2D eigenvalue weighted by atomic mass is 9.98. The number of carbonyl (C=O) groups excluding carboxylic acids is 1. The van der Waals surface area contributed by atoms with Crippen molar-refractivity contribution in [3.05, 3.63) is 82.9 Å². The third-order valence-corrected chi connectivity index (χ3v) is 5.24. The number of phenols is 1. The minimum Gasteiger partial charge on any atom is -0.506 e. The van der Waals surface area contributed by atoms with Gasteiger partial charge in [-0.05, 0) is 46.9 Å². The molecule has 0 aliphatic heterocycles. The predicted molar refractivity (Wildman–Crippen MR) is 108 cm³/mol. The Labute approximate surface area is 167 Å². The van der Waals surface area contributed by atoms with E-state index in [0.29, 0.717) is 0 Å². The number of benzene rings is 3. The first-order valence-corrected chi connectivity index (χ1v) is 9.15. The number of hydrogen-bond acceptors (Lipinski definition) is 4. The summed E-state index contributed by atoms with van der Waals surface area (Å²) in [7, 11) is 0. The minimum atomic E-state index is -1.14. The molecule has 1 aliphatic rings. The number of carboxylic acids is 1. The number of nitrogens with one attached hydrogen (secondary N) is 1. The van der Waals surface area contributed by atoms with Crippen molar-refractivity contribution >= 4 is 17.7 Å². The van der Waals surface area contributed by atoms with E-state index in [9.17, 15) is 19.8 Å². The van der Waals surface area contributed by atoms with E-state index in [4.69, 9.17) is 4.74 Å². The Bertz CT molecular complexity index is 1080. The van der Waals surface area contributed by atoms with E-state index in [-0.39, 0.29) is 35.1 Å². The maximum Gasteiger partial charge on any atom is 0.411 e. The number of rotatable bonds is 4. The SMILES string of the molecule is Cc1c(C(=O)O)ccc(O)c1NC(=O)OCC1c2ccccc2-c2ccccc21. The Kier molecular flexibility index (Phi) is 4.68. The van der Waals surface area contributed by atoms with Crippen LogP contribution in [0.5, 0.6) is 5.75 Å². The number of anilines is 1. The quantitative estimate of drug-likeness (QED) is 0.559. The van der Waals surface area contributed by atoms with Gasteiger partial charge < -0.3 is 14.9 Å². The third kappa shape index (κ3) is 3.29. The van der Waals surface area contributed by atoms with Crippen LogP contribution in [0.15, 0.2) is 60.7 Å². The molecule has 0 fully saturated rings. The molecule has 0 radical (unpaired) electrons. The number of aromatic hydroxyl groups is 1. The molecule has 0 bridgehead atoms. The zero-order chi connectivity index (χ0) is 20.5. The fourth-order valence-corrected chi connectivity index (χ4v) is 3.82. The molecule has 0 atom stereocenters. The zero-order valence-electron chi connectivity index (χ0n) is 15.7. The number of hydrogen-bond donors (Lipinski definition) is 3. The van der Waals surface area contributed by atoms with Crippen LogP contribution in [0.3, 0.4) is 0 Å². The molecule has 0 spiro atoms. The maximum atomic E-state index is 12.4. The lowest BCUT2D eigenvalue weighted by Gasteiger charge is -2.16. The minimum absolute atomic E-state index is 0.00301. The van der Waals surface area contributed by atoms with Gasteiger partial charge >= 0.3 is 12.1 Å². The molecule has 0 unspecified atom stereocenters. The van der Waals surface area contributed by atoms with Gasteiger partial charge in [0.2, 0.25) is 0 Å². The fraction of sp³-hybridized carbons (Fsp3) is 0.130. The number of carbonyl (C=O) groups is 2. The van der Waals surface area contributed by atoms with E-state index in [1.54, 1.807) is 0 Å². The molecule has 6 heteroatoms. The van der Waals surface area contributed by atoms with Crippen LogP contribution in [0.25, 0.3) is 11.1 Å². The summed E-state index contributed by atoms with van der Waals surface area (Å²) in [6.07, 6.45) is -0.757. The van der Waals surface area contributed by atoms with Crippen LogP contribution >= 0.6 is 0 Å². The van der Waals surface area contributed by atoms with Gasteiger partial charge in [0.15, 0.2) is 0 Å². The number of fused-ring (bicyclic) bond motifs is 3. The first kappa shape index (κ1) is 18.6. The summed E-state index contributed by atoms with van der Waals surface area (Å²) in [4.78, 5) is 23.7. The molecule has 1 amide bonds. The number of ether oxygens (including phenoxy) is 1. The summed E-state index contributed by atoms with van der Waals surface area (Å²) in [6.45, 7) is 1.64. The van der Waals surface area contributed by atoms with Gasteiger partial charge in [0.05, 0.1) is 11.3 Å². The summed E-state index contributed by atoms with van der Waals surface area (Å²) in [5.74, 6) is -1.45. The van der Waals surface area contributed by atoms with E-state index < -0.39 is 12.1 Å². The van der Waals surface area contributed by atoms with E-state index in [2.05, 4.69) is 5.32 Å². The van der Waals surface area contributed by atoms with Crippen molar-refractivity contribution in [3.63, 3.8) is 0 Å². The smallest absolute Gasteiger partial charge is 0.411 e. The average molecular weight is 389 g/mol. The highest BCUT2D eigenvalue weighted by Crippen LogP contribution is 2.44. The summed E-state index contributed by atoms with van der Waals surface area (Å²) in [5, 5.41) is 21.7. The topological polar surface area (TPSA) is 95.9 Å². The van der Waals surface area contributed by atoms with Crippen molar-refractivity contribution in [3.8, 4) is 16.9 Å². The molecule has 1 aliphatic carbocycles. The van der Waals surface area contributed by atoms with Crippen molar-refractivity contribution in [1.82, 2.24) is 0 Å². The lowest BCUT2D eigenvalue weighted by molar-refractivity contribution is 0.0696.